The molecule has 0 bridgehead atoms. The van der Waals surface area contributed by atoms with E-state index in [1.165, 1.54) is 5.69 Å². The Morgan fingerprint density at radius 2 is 1.92 bits per heavy atom. The average molecular weight is 364 g/mol. The molecule has 1 aromatic carbocycles. The number of hydrogen-bond acceptors (Lipinski definition) is 4. The van der Waals surface area contributed by atoms with E-state index in [1.807, 2.05) is 6.07 Å². The van der Waals surface area contributed by atoms with Gasteiger partial charge in [-0.3, -0.25) is 0 Å². The van der Waals surface area contributed by atoms with E-state index in [9.17, 15) is 0 Å². The minimum atomic E-state index is -1.70. The number of rotatable bonds is 5. The molecule has 0 radical (unpaired) electrons. The zero-order valence-corrected chi connectivity index (χ0v) is 17.5. The Balaban J connectivity index is 1.61. The van der Waals surface area contributed by atoms with Crippen LogP contribution in [0.25, 0.3) is 0 Å². The first-order chi connectivity index (χ1) is 11.7. The molecule has 0 N–H and O–H groups in total. The van der Waals surface area contributed by atoms with Gasteiger partial charge in [-0.25, -0.2) is 9.78 Å². The highest BCUT2D eigenvalue weighted by Gasteiger charge is 2.56. The highest BCUT2D eigenvalue weighted by atomic mass is 28.4. The van der Waals surface area contributed by atoms with E-state index in [0.717, 1.165) is 26.0 Å². The molecule has 0 amide bonds. The van der Waals surface area contributed by atoms with Gasteiger partial charge < -0.3 is 9.33 Å². The van der Waals surface area contributed by atoms with Crippen LogP contribution in [0.3, 0.4) is 0 Å². The van der Waals surface area contributed by atoms with Crippen LogP contribution in [0.15, 0.2) is 30.3 Å². The molecule has 2 fully saturated rings. The van der Waals surface area contributed by atoms with Gasteiger partial charge in [0.1, 0.15) is 6.10 Å². The standard InChI is InChI=1S/C20H33NO3Si/c1-19(2,3)25(5,6)22-15-13-18-17-12-14-21(20(17,4)24-23-18)16-10-8-7-9-11-16/h7-11,17-18H,12-15H2,1-6H3/t17-,18+,20+/m0/s1. The second-order valence-corrected chi connectivity index (χ2v) is 13.9. The van der Waals surface area contributed by atoms with Crippen LogP contribution in [0.5, 0.6) is 0 Å². The Hall–Kier alpha value is -0.883. The lowest BCUT2D eigenvalue weighted by atomic mass is 9.91. The van der Waals surface area contributed by atoms with Gasteiger partial charge in [-0.15, -0.1) is 0 Å². The summed E-state index contributed by atoms with van der Waals surface area (Å²) in [5.41, 5.74) is 0.831. The van der Waals surface area contributed by atoms with Crippen molar-refractivity contribution in [3.8, 4) is 0 Å². The van der Waals surface area contributed by atoms with Gasteiger partial charge in [-0.05, 0) is 50.0 Å². The van der Waals surface area contributed by atoms with Gasteiger partial charge in [0, 0.05) is 24.8 Å². The predicted octanol–water partition coefficient (Wildman–Crippen LogP) is 4.97. The Morgan fingerprint density at radius 3 is 2.56 bits per heavy atom. The normalized spacial score (nSPS) is 29.9. The van der Waals surface area contributed by atoms with Crippen molar-refractivity contribution in [1.82, 2.24) is 0 Å². The van der Waals surface area contributed by atoms with Crippen LogP contribution in [-0.2, 0) is 14.2 Å². The minimum absolute atomic E-state index is 0.114. The first kappa shape index (κ1) is 18.9. The number of hydrogen-bond donors (Lipinski definition) is 0. The van der Waals surface area contributed by atoms with Gasteiger partial charge in [-0.2, -0.15) is 0 Å². The molecule has 0 aromatic heterocycles. The first-order valence-electron chi connectivity index (χ1n) is 9.46. The number of fused-ring (bicyclic) bond motifs is 1. The second kappa shape index (κ2) is 6.69. The number of nitrogens with zero attached hydrogens (tertiary/aromatic N) is 1. The average Bonchev–Trinajstić information content (AvgIpc) is 3.03. The summed E-state index contributed by atoms with van der Waals surface area (Å²) in [5, 5.41) is 0.242. The number of para-hydroxylation sites is 1. The van der Waals surface area contributed by atoms with Gasteiger partial charge in [0.05, 0.1) is 0 Å². The fourth-order valence-corrected chi connectivity index (χ4v) is 4.77. The molecule has 0 saturated carbocycles. The topological polar surface area (TPSA) is 30.9 Å². The van der Waals surface area contributed by atoms with Crippen LogP contribution in [-0.4, -0.2) is 33.3 Å². The van der Waals surface area contributed by atoms with Gasteiger partial charge in [0.15, 0.2) is 14.0 Å². The molecular formula is C20H33NO3Si. The van der Waals surface area contributed by atoms with Crippen molar-refractivity contribution in [1.29, 1.82) is 0 Å². The first-order valence-corrected chi connectivity index (χ1v) is 12.4. The van der Waals surface area contributed by atoms with E-state index >= 15 is 0 Å². The quantitative estimate of drug-likeness (QED) is 0.546. The lowest BCUT2D eigenvalue weighted by molar-refractivity contribution is -0.322. The van der Waals surface area contributed by atoms with Crippen LogP contribution in [0, 0.1) is 5.92 Å². The maximum atomic E-state index is 6.34. The smallest absolute Gasteiger partial charge is 0.191 e. The lowest BCUT2D eigenvalue weighted by Gasteiger charge is -2.36. The van der Waals surface area contributed by atoms with Crippen molar-refractivity contribution >= 4 is 14.0 Å². The van der Waals surface area contributed by atoms with Gasteiger partial charge in [-0.1, -0.05) is 39.0 Å². The van der Waals surface area contributed by atoms with Crippen LogP contribution < -0.4 is 4.90 Å². The van der Waals surface area contributed by atoms with E-state index in [1.54, 1.807) is 0 Å². The van der Waals surface area contributed by atoms with E-state index in [-0.39, 0.29) is 16.9 Å². The van der Waals surface area contributed by atoms with E-state index in [0.29, 0.717) is 5.92 Å². The molecule has 3 rings (SSSR count). The molecule has 0 unspecified atom stereocenters. The molecule has 0 aliphatic carbocycles. The zero-order valence-electron chi connectivity index (χ0n) is 16.5. The van der Waals surface area contributed by atoms with E-state index in [4.69, 9.17) is 14.2 Å². The van der Waals surface area contributed by atoms with Gasteiger partial charge in [0.2, 0.25) is 0 Å². The molecule has 4 nitrogen and oxygen atoms in total. The predicted molar refractivity (Wildman–Crippen MR) is 104 cm³/mol. The van der Waals surface area contributed by atoms with E-state index < -0.39 is 8.32 Å². The van der Waals surface area contributed by atoms with Crippen LogP contribution in [0.1, 0.15) is 40.5 Å². The molecule has 25 heavy (non-hydrogen) atoms. The summed E-state index contributed by atoms with van der Waals surface area (Å²) < 4.78 is 6.34. The van der Waals surface area contributed by atoms with Crippen molar-refractivity contribution in [3.63, 3.8) is 0 Å². The van der Waals surface area contributed by atoms with Crippen molar-refractivity contribution < 1.29 is 14.2 Å². The second-order valence-electron chi connectivity index (χ2n) is 9.05. The van der Waals surface area contributed by atoms with Gasteiger partial charge >= 0.3 is 0 Å². The Labute approximate surface area is 153 Å². The summed E-state index contributed by atoms with van der Waals surface area (Å²) >= 11 is 0. The molecule has 2 heterocycles. The minimum Gasteiger partial charge on any atom is -0.417 e. The van der Waals surface area contributed by atoms with Crippen LogP contribution >= 0.6 is 0 Å². The van der Waals surface area contributed by atoms with Crippen LogP contribution in [0.4, 0.5) is 5.69 Å². The fourth-order valence-electron chi connectivity index (χ4n) is 3.71. The molecule has 2 saturated heterocycles. The summed E-state index contributed by atoms with van der Waals surface area (Å²) in [7, 11) is -1.70. The molecule has 0 spiro atoms. The van der Waals surface area contributed by atoms with Crippen molar-refractivity contribution in [3.05, 3.63) is 30.3 Å². The fraction of sp³-hybridized carbons (Fsp3) is 0.700. The molecule has 5 heteroatoms. The molecule has 2 aliphatic heterocycles. The maximum absolute atomic E-state index is 6.34. The monoisotopic (exact) mass is 363 g/mol. The SMILES string of the molecule is CC(C)(C)[Si](C)(C)OCC[C@H]1OO[C@]2(C)[C@H]1CCN2c1ccccc1. The molecular weight excluding hydrogens is 330 g/mol. The zero-order chi connectivity index (χ0) is 18.3. The molecule has 1 aromatic rings. The number of benzene rings is 1. The third-order valence-corrected chi connectivity index (χ3v) is 11.0. The Bertz CT molecular complexity index is 586. The van der Waals surface area contributed by atoms with Crippen LogP contribution in [0.2, 0.25) is 18.1 Å². The van der Waals surface area contributed by atoms with Crippen molar-refractivity contribution in [2.24, 2.45) is 5.92 Å². The molecule has 2 aliphatic rings. The summed E-state index contributed by atoms with van der Waals surface area (Å²) in [4.78, 5) is 14.0. The molecule has 3 atom stereocenters. The summed E-state index contributed by atoms with van der Waals surface area (Å²) in [5.74, 6) is 0.385. The number of anilines is 1. The third kappa shape index (κ3) is 3.52. The van der Waals surface area contributed by atoms with Crippen molar-refractivity contribution in [2.45, 2.75) is 70.5 Å². The molecule has 140 valence electrons. The third-order valence-electron chi connectivity index (χ3n) is 6.42. The highest BCUT2D eigenvalue weighted by molar-refractivity contribution is 6.74. The largest absolute Gasteiger partial charge is 0.417 e. The Morgan fingerprint density at radius 1 is 1.24 bits per heavy atom. The summed E-state index contributed by atoms with van der Waals surface area (Å²) in [6.07, 6.45) is 2.11. The summed E-state index contributed by atoms with van der Waals surface area (Å²) in [6.45, 7) is 15.4. The maximum Gasteiger partial charge on any atom is 0.191 e. The lowest BCUT2D eigenvalue weighted by Crippen LogP contribution is -2.45. The van der Waals surface area contributed by atoms with E-state index in [2.05, 4.69) is 70.0 Å². The summed E-state index contributed by atoms with van der Waals surface area (Å²) in [6, 6.07) is 10.5. The Kier molecular flexibility index (Phi) is 5.06. The van der Waals surface area contributed by atoms with Gasteiger partial charge in [0.25, 0.3) is 0 Å². The highest BCUT2D eigenvalue weighted by Crippen LogP contribution is 2.47. The van der Waals surface area contributed by atoms with Crippen molar-refractivity contribution in [2.75, 3.05) is 18.1 Å².